The molecule has 1 aliphatic heterocycles. The van der Waals surface area contributed by atoms with Gasteiger partial charge in [0.05, 0.1) is 12.7 Å². The fourth-order valence-electron chi connectivity index (χ4n) is 4.18. The molecule has 2 heterocycles. The molecule has 200 valence electrons. The monoisotopic (exact) mass is 536 g/mol. The number of rotatable bonds is 10. The molecule has 3 aromatic rings. The largest absolute Gasteiger partial charge is 0.468 e. The molecule has 3 atom stereocenters. The second kappa shape index (κ2) is 13.3. The van der Waals surface area contributed by atoms with Crippen LogP contribution in [0.3, 0.4) is 0 Å². The van der Waals surface area contributed by atoms with Gasteiger partial charge < -0.3 is 24.4 Å². The van der Waals surface area contributed by atoms with E-state index in [9.17, 15) is 9.59 Å². The lowest BCUT2D eigenvalue weighted by molar-refractivity contribution is -0.0646. The average molecular weight is 537 g/mol. The normalized spacial score (nSPS) is 18.6. The summed E-state index contributed by atoms with van der Waals surface area (Å²) in [5.41, 5.74) is 0.969. The number of hydrogen-bond donors (Lipinski definition) is 1. The Kier molecular flexibility index (Phi) is 9.58. The molecule has 0 radical (unpaired) electrons. The predicted molar refractivity (Wildman–Crippen MR) is 148 cm³/mol. The van der Waals surface area contributed by atoms with Gasteiger partial charge >= 0.3 is 5.69 Å². The zero-order valence-electron chi connectivity index (χ0n) is 21.5. The van der Waals surface area contributed by atoms with Gasteiger partial charge in [-0.15, -0.1) is 0 Å². The smallest absolute Gasteiger partial charge is 0.351 e. The number of carbonyl (C=O) groups is 1. The van der Waals surface area contributed by atoms with Crippen molar-refractivity contribution in [3.8, 4) is 0 Å². The van der Waals surface area contributed by atoms with Crippen molar-refractivity contribution in [1.82, 2.24) is 14.5 Å². The third kappa shape index (κ3) is 7.03. The van der Waals surface area contributed by atoms with Crippen molar-refractivity contribution in [3.63, 3.8) is 0 Å². The molecule has 1 N–H and O–H groups in total. The highest BCUT2D eigenvalue weighted by Crippen LogP contribution is 2.31. The Labute approximate surface area is 227 Å². The Morgan fingerprint density at radius 1 is 1.11 bits per heavy atom. The van der Waals surface area contributed by atoms with Crippen LogP contribution in [0.1, 0.15) is 42.4 Å². The summed E-state index contributed by atoms with van der Waals surface area (Å²) in [6.07, 6.45) is 0.616. The van der Waals surface area contributed by atoms with Crippen molar-refractivity contribution in [2.75, 3.05) is 25.0 Å². The molecule has 1 aliphatic rings. The fraction of sp³-hybridized carbons (Fsp3) is 0.357. The number of anilines is 1. The number of ether oxygens (including phenoxy) is 3. The Balaban J connectivity index is 1.45. The van der Waals surface area contributed by atoms with Gasteiger partial charge in [-0.05, 0) is 49.8 Å². The molecule has 0 spiro atoms. The second-order valence-corrected chi connectivity index (χ2v) is 9.12. The van der Waals surface area contributed by atoms with Gasteiger partial charge in [0, 0.05) is 31.3 Å². The Morgan fingerprint density at radius 3 is 2.45 bits per heavy atom. The first-order chi connectivity index (χ1) is 18.5. The van der Waals surface area contributed by atoms with Crippen LogP contribution in [0.5, 0.6) is 0 Å². The van der Waals surface area contributed by atoms with E-state index >= 15 is 0 Å². The van der Waals surface area contributed by atoms with E-state index in [4.69, 9.17) is 26.4 Å². The standard InChI is InChI=1S/C28H32N4O5S/c1-3-31(4-2)28(38)36-19-23-22(35-18-20-11-7-5-8-12-20)17-25(37-23)32-16-15-24(30-27(32)34)29-26(33)21-13-9-6-10-14-21/h5-16,22-23,25H,3-4,17-19H2,1-2H3,(H,29,30,33,34)/t22-,23+,25-/m0/s1. The maximum atomic E-state index is 12.9. The van der Waals surface area contributed by atoms with Crippen LogP contribution < -0.4 is 11.0 Å². The summed E-state index contributed by atoms with van der Waals surface area (Å²) in [6, 6.07) is 20.2. The highest BCUT2D eigenvalue weighted by Gasteiger charge is 2.38. The van der Waals surface area contributed by atoms with Gasteiger partial charge in [-0.3, -0.25) is 9.36 Å². The van der Waals surface area contributed by atoms with E-state index in [1.807, 2.05) is 55.1 Å². The molecule has 9 nitrogen and oxygen atoms in total. The van der Waals surface area contributed by atoms with E-state index in [0.29, 0.717) is 23.8 Å². The molecule has 2 aromatic carbocycles. The number of hydrogen-bond acceptors (Lipinski definition) is 7. The topological polar surface area (TPSA) is 94.9 Å². The van der Waals surface area contributed by atoms with Crippen LogP contribution in [-0.4, -0.2) is 57.4 Å². The molecule has 4 rings (SSSR count). The van der Waals surface area contributed by atoms with E-state index < -0.39 is 18.0 Å². The zero-order valence-corrected chi connectivity index (χ0v) is 22.3. The van der Waals surface area contributed by atoms with Crippen LogP contribution in [0, 0.1) is 0 Å². The van der Waals surface area contributed by atoms with Gasteiger partial charge in [-0.25, -0.2) is 4.79 Å². The molecule has 1 fully saturated rings. The number of nitrogens with one attached hydrogen (secondary N) is 1. The third-order valence-corrected chi connectivity index (χ3v) is 6.67. The summed E-state index contributed by atoms with van der Waals surface area (Å²) in [5.74, 6) is -0.178. The van der Waals surface area contributed by atoms with E-state index in [1.54, 1.807) is 36.5 Å². The minimum absolute atomic E-state index is 0.166. The summed E-state index contributed by atoms with van der Waals surface area (Å²) in [5, 5.41) is 3.06. The van der Waals surface area contributed by atoms with E-state index in [1.165, 1.54) is 4.57 Å². The number of carbonyl (C=O) groups excluding carboxylic acids is 1. The minimum atomic E-state index is -0.606. The van der Waals surface area contributed by atoms with E-state index in [2.05, 4.69) is 10.3 Å². The molecule has 1 aromatic heterocycles. The zero-order chi connectivity index (χ0) is 26.9. The predicted octanol–water partition coefficient (Wildman–Crippen LogP) is 4.01. The summed E-state index contributed by atoms with van der Waals surface area (Å²) in [4.78, 5) is 31.3. The van der Waals surface area contributed by atoms with Crippen molar-refractivity contribution in [3.05, 3.63) is 94.5 Å². The molecule has 10 heteroatoms. The number of amides is 1. The Bertz CT molecular complexity index is 1270. The van der Waals surface area contributed by atoms with Gasteiger partial charge in [-0.1, -0.05) is 48.5 Å². The molecule has 0 aliphatic carbocycles. The summed E-state index contributed by atoms with van der Waals surface area (Å²) >= 11 is 5.42. The maximum Gasteiger partial charge on any atom is 0.351 e. The lowest BCUT2D eigenvalue weighted by atomic mass is 10.1. The molecule has 1 amide bonds. The minimum Gasteiger partial charge on any atom is -0.468 e. The van der Waals surface area contributed by atoms with Gasteiger partial charge in [0.1, 0.15) is 24.8 Å². The second-order valence-electron chi connectivity index (χ2n) is 8.77. The highest BCUT2D eigenvalue weighted by molar-refractivity contribution is 7.80. The quantitative estimate of drug-likeness (QED) is 0.389. The molecular formula is C28H32N4O5S. The highest BCUT2D eigenvalue weighted by atomic mass is 32.1. The first-order valence-corrected chi connectivity index (χ1v) is 13.1. The van der Waals surface area contributed by atoms with Crippen LogP contribution in [0.15, 0.2) is 77.7 Å². The molecular weight excluding hydrogens is 504 g/mol. The van der Waals surface area contributed by atoms with Crippen molar-refractivity contribution in [1.29, 1.82) is 0 Å². The number of thiocarbonyl (C=S) groups is 1. The van der Waals surface area contributed by atoms with Crippen LogP contribution in [0.4, 0.5) is 5.82 Å². The summed E-state index contributed by atoms with van der Waals surface area (Å²) in [7, 11) is 0. The van der Waals surface area contributed by atoms with E-state index in [0.717, 1.165) is 18.7 Å². The summed E-state index contributed by atoms with van der Waals surface area (Å²) in [6.45, 7) is 6.10. The first-order valence-electron chi connectivity index (χ1n) is 12.7. The Morgan fingerprint density at radius 2 is 1.79 bits per heavy atom. The SMILES string of the molecule is CCN(CC)C(=S)OC[C@H]1O[C@H](n2ccc(NC(=O)c3ccccc3)nc2=O)C[C@@H]1OCc1ccccc1. The van der Waals surface area contributed by atoms with Gasteiger partial charge in [0.15, 0.2) is 0 Å². The molecule has 0 unspecified atom stereocenters. The number of nitrogens with zero attached hydrogens (tertiary/aromatic N) is 3. The third-order valence-electron chi connectivity index (χ3n) is 6.30. The van der Waals surface area contributed by atoms with Crippen LogP contribution >= 0.6 is 12.2 Å². The van der Waals surface area contributed by atoms with Crippen LogP contribution in [-0.2, 0) is 20.8 Å². The number of aromatic nitrogens is 2. The summed E-state index contributed by atoms with van der Waals surface area (Å²) < 4.78 is 19.7. The van der Waals surface area contributed by atoms with Crippen LogP contribution in [0.25, 0.3) is 0 Å². The lowest BCUT2D eigenvalue weighted by Crippen LogP contribution is -2.36. The lowest BCUT2D eigenvalue weighted by Gasteiger charge is -2.24. The van der Waals surface area contributed by atoms with E-state index in [-0.39, 0.29) is 24.4 Å². The van der Waals surface area contributed by atoms with Crippen molar-refractivity contribution in [2.45, 2.75) is 45.3 Å². The van der Waals surface area contributed by atoms with Crippen molar-refractivity contribution in [2.24, 2.45) is 0 Å². The average Bonchev–Trinajstić information content (AvgIpc) is 3.35. The number of benzene rings is 2. The van der Waals surface area contributed by atoms with Gasteiger partial charge in [0.25, 0.3) is 11.1 Å². The van der Waals surface area contributed by atoms with Gasteiger partial charge in [0.2, 0.25) is 0 Å². The molecule has 1 saturated heterocycles. The first kappa shape index (κ1) is 27.4. The Hall–Kier alpha value is -3.60. The fourth-order valence-corrected chi connectivity index (χ4v) is 4.51. The van der Waals surface area contributed by atoms with Crippen molar-refractivity contribution < 1.29 is 19.0 Å². The maximum absolute atomic E-state index is 12.9. The van der Waals surface area contributed by atoms with Crippen LogP contribution in [0.2, 0.25) is 0 Å². The van der Waals surface area contributed by atoms with Gasteiger partial charge in [-0.2, -0.15) is 4.98 Å². The molecule has 0 bridgehead atoms. The van der Waals surface area contributed by atoms with Crippen molar-refractivity contribution >= 4 is 29.1 Å². The molecule has 0 saturated carbocycles. The molecule has 38 heavy (non-hydrogen) atoms.